The van der Waals surface area contributed by atoms with Crippen molar-refractivity contribution in [3.05, 3.63) is 24.5 Å². The van der Waals surface area contributed by atoms with Crippen LogP contribution in [0.4, 0.5) is 5.69 Å². The Kier molecular flexibility index (Phi) is 2.82. The molecule has 1 aromatic rings. The summed E-state index contributed by atoms with van der Waals surface area (Å²) < 4.78 is 0. The molecule has 0 bridgehead atoms. The van der Waals surface area contributed by atoms with E-state index in [1.807, 2.05) is 30.1 Å². The molecule has 1 aliphatic heterocycles. The van der Waals surface area contributed by atoms with Gasteiger partial charge in [0.05, 0.1) is 17.9 Å². The summed E-state index contributed by atoms with van der Waals surface area (Å²) in [5, 5.41) is 4.41. The van der Waals surface area contributed by atoms with Crippen LogP contribution in [0.5, 0.6) is 0 Å². The van der Waals surface area contributed by atoms with Crippen molar-refractivity contribution in [2.45, 2.75) is 25.3 Å². The summed E-state index contributed by atoms with van der Waals surface area (Å²) in [7, 11) is 0. The maximum Gasteiger partial charge on any atom is 0.161 e. The second-order valence-corrected chi connectivity index (χ2v) is 5.38. The number of thioether (sulfide) groups is 1. The molecule has 0 spiro atoms. The molecule has 2 atom stereocenters. The normalized spacial score (nSPS) is 28.4. The first-order valence-corrected chi connectivity index (χ1v) is 6.78. The number of nitrogens with zero attached hydrogens (tertiary/aromatic N) is 2. The fraction of sp³-hybridized carbons (Fsp3) is 0.500. The summed E-state index contributed by atoms with van der Waals surface area (Å²) in [5.41, 5.74) is 1.03. The molecule has 0 aromatic carbocycles. The Hall–Kier alpha value is -1.03. The van der Waals surface area contributed by atoms with E-state index >= 15 is 0 Å². The molecule has 1 aliphatic carbocycles. The number of pyridine rings is 1. The van der Waals surface area contributed by atoms with Gasteiger partial charge in [0.1, 0.15) is 0 Å². The summed E-state index contributed by atoms with van der Waals surface area (Å²) in [4.78, 5) is 8.87. The van der Waals surface area contributed by atoms with Gasteiger partial charge in [0, 0.05) is 11.9 Å². The third-order valence-corrected chi connectivity index (χ3v) is 4.32. The average molecular weight is 233 g/mol. The smallest absolute Gasteiger partial charge is 0.161 e. The summed E-state index contributed by atoms with van der Waals surface area (Å²) in [6, 6.07) is 4.53. The van der Waals surface area contributed by atoms with E-state index < -0.39 is 0 Å². The number of aliphatic imine (C=N–C) groups is 1. The second kappa shape index (κ2) is 4.45. The van der Waals surface area contributed by atoms with Crippen LogP contribution in [-0.2, 0) is 0 Å². The summed E-state index contributed by atoms with van der Waals surface area (Å²) in [6.45, 7) is 0. The van der Waals surface area contributed by atoms with Crippen LogP contribution >= 0.6 is 11.8 Å². The standard InChI is InChI=1S/C12H15N3S/c1-3-9-8-16-12(15-11(9)5-1)14-10-4-2-6-13-7-10/h2,4,6-7,9,11H,1,3,5,8H2,(H,14,15). The van der Waals surface area contributed by atoms with Gasteiger partial charge in [-0.1, -0.05) is 18.2 Å². The number of aromatic nitrogens is 1. The highest BCUT2D eigenvalue weighted by Crippen LogP contribution is 2.35. The fourth-order valence-electron chi connectivity index (χ4n) is 2.38. The Morgan fingerprint density at radius 2 is 2.38 bits per heavy atom. The predicted molar refractivity (Wildman–Crippen MR) is 68.9 cm³/mol. The van der Waals surface area contributed by atoms with Gasteiger partial charge in [-0.25, -0.2) is 0 Å². The Labute approximate surface area is 99.8 Å². The molecule has 16 heavy (non-hydrogen) atoms. The quantitative estimate of drug-likeness (QED) is 0.810. The van der Waals surface area contributed by atoms with E-state index in [2.05, 4.69) is 10.3 Å². The van der Waals surface area contributed by atoms with E-state index in [1.54, 1.807) is 6.20 Å². The summed E-state index contributed by atoms with van der Waals surface area (Å²) in [5.74, 6) is 2.04. The lowest BCUT2D eigenvalue weighted by Gasteiger charge is -2.23. The first kappa shape index (κ1) is 10.1. The predicted octanol–water partition coefficient (Wildman–Crippen LogP) is 2.77. The van der Waals surface area contributed by atoms with Crippen LogP contribution in [-0.4, -0.2) is 21.9 Å². The van der Waals surface area contributed by atoms with Crippen LogP contribution < -0.4 is 5.32 Å². The average Bonchev–Trinajstić information content (AvgIpc) is 2.77. The molecule has 84 valence electrons. The van der Waals surface area contributed by atoms with Crippen molar-refractivity contribution in [3.63, 3.8) is 0 Å². The van der Waals surface area contributed by atoms with Crippen LogP contribution in [0.25, 0.3) is 0 Å². The molecule has 0 saturated heterocycles. The van der Waals surface area contributed by atoms with Crippen molar-refractivity contribution in [2.24, 2.45) is 10.9 Å². The van der Waals surface area contributed by atoms with Crippen LogP contribution in [0.3, 0.4) is 0 Å². The minimum atomic E-state index is 0.570. The number of nitrogens with one attached hydrogen (secondary N) is 1. The van der Waals surface area contributed by atoms with E-state index in [0.29, 0.717) is 6.04 Å². The van der Waals surface area contributed by atoms with Crippen molar-refractivity contribution in [2.75, 3.05) is 11.1 Å². The van der Waals surface area contributed by atoms with E-state index in [0.717, 1.165) is 16.8 Å². The molecule has 2 unspecified atom stereocenters. The molecule has 3 nitrogen and oxygen atoms in total. The molecule has 3 rings (SSSR count). The molecule has 1 saturated carbocycles. The van der Waals surface area contributed by atoms with Gasteiger partial charge >= 0.3 is 0 Å². The zero-order valence-corrected chi connectivity index (χ0v) is 9.91. The van der Waals surface area contributed by atoms with Gasteiger partial charge in [0.25, 0.3) is 0 Å². The maximum atomic E-state index is 4.78. The molecular formula is C12H15N3S. The van der Waals surface area contributed by atoms with Gasteiger partial charge in [-0.3, -0.25) is 9.98 Å². The number of fused-ring (bicyclic) bond motifs is 1. The van der Waals surface area contributed by atoms with Crippen LogP contribution in [0, 0.1) is 5.92 Å². The van der Waals surface area contributed by atoms with Gasteiger partial charge < -0.3 is 5.32 Å². The number of amidine groups is 1. The highest BCUT2D eigenvalue weighted by Gasteiger charge is 2.30. The Morgan fingerprint density at radius 3 is 3.25 bits per heavy atom. The third kappa shape index (κ3) is 2.07. The molecule has 0 radical (unpaired) electrons. The van der Waals surface area contributed by atoms with Gasteiger partial charge in [-0.15, -0.1) is 0 Å². The van der Waals surface area contributed by atoms with Crippen molar-refractivity contribution in [3.8, 4) is 0 Å². The maximum absolute atomic E-state index is 4.78. The van der Waals surface area contributed by atoms with Crippen molar-refractivity contribution >= 4 is 22.6 Å². The largest absolute Gasteiger partial charge is 0.334 e. The molecule has 2 aliphatic rings. The highest BCUT2D eigenvalue weighted by atomic mass is 32.2. The van der Waals surface area contributed by atoms with E-state index in [4.69, 9.17) is 4.99 Å². The fourth-order valence-corrected chi connectivity index (χ4v) is 3.54. The molecule has 1 fully saturated rings. The van der Waals surface area contributed by atoms with Gasteiger partial charge in [0.15, 0.2) is 5.17 Å². The van der Waals surface area contributed by atoms with Crippen molar-refractivity contribution < 1.29 is 0 Å². The molecule has 0 amide bonds. The Morgan fingerprint density at radius 1 is 1.38 bits per heavy atom. The van der Waals surface area contributed by atoms with Crippen LogP contribution in [0.1, 0.15) is 19.3 Å². The SMILES string of the molecule is c1cncc(NC2=NC3CCCC3CS2)c1. The van der Waals surface area contributed by atoms with Crippen LogP contribution in [0.15, 0.2) is 29.5 Å². The monoisotopic (exact) mass is 233 g/mol. The minimum Gasteiger partial charge on any atom is -0.334 e. The summed E-state index contributed by atoms with van der Waals surface area (Å²) in [6.07, 6.45) is 7.60. The Balaban J connectivity index is 1.72. The highest BCUT2D eigenvalue weighted by molar-refractivity contribution is 8.14. The topological polar surface area (TPSA) is 37.3 Å². The van der Waals surface area contributed by atoms with Gasteiger partial charge in [-0.05, 0) is 30.9 Å². The van der Waals surface area contributed by atoms with Gasteiger partial charge in [-0.2, -0.15) is 0 Å². The number of hydrogen-bond donors (Lipinski definition) is 1. The van der Waals surface area contributed by atoms with Crippen LogP contribution in [0.2, 0.25) is 0 Å². The number of anilines is 1. The van der Waals surface area contributed by atoms with Gasteiger partial charge in [0.2, 0.25) is 0 Å². The second-order valence-electron chi connectivity index (χ2n) is 4.37. The molecule has 1 aromatic heterocycles. The minimum absolute atomic E-state index is 0.570. The number of rotatable bonds is 1. The lowest BCUT2D eigenvalue weighted by molar-refractivity contribution is 0.535. The lowest BCUT2D eigenvalue weighted by atomic mass is 10.1. The van der Waals surface area contributed by atoms with E-state index in [-0.39, 0.29) is 0 Å². The van der Waals surface area contributed by atoms with Crippen molar-refractivity contribution in [1.82, 2.24) is 4.98 Å². The zero-order chi connectivity index (χ0) is 10.8. The Bertz CT molecular complexity index is 391. The van der Waals surface area contributed by atoms with E-state index in [1.165, 1.54) is 25.0 Å². The molecule has 4 heteroatoms. The lowest BCUT2D eigenvalue weighted by Crippen LogP contribution is -2.25. The third-order valence-electron chi connectivity index (χ3n) is 3.25. The zero-order valence-electron chi connectivity index (χ0n) is 9.10. The first-order chi connectivity index (χ1) is 7.92. The number of hydrogen-bond acceptors (Lipinski definition) is 4. The molecular weight excluding hydrogens is 218 g/mol. The molecule has 2 heterocycles. The first-order valence-electron chi connectivity index (χ1n) is 5.79. The van der Waals surface area contributed by atoms with Crippen molar-refractivity contribution in [1.29, 1.82) is 0 Å². The molecule has 1 N–H and O–H groups in total. The van der Waals surface area contributed by atoms with E-state index in [9.17, 15) is 0 Å². The summed E-state index contributed by atoms with van der Waals surface area (Å²) >= 11 is 1.85.